The standard InChI is InChI=1S/C14H15ClN2O2/c1-3-10-4-6-11(7-5-10)19-14-8-12(15)16-13(17-14)9-18-2/h4-8H,3,9H2,1-2H3. The third-order valence-electron chi connectivity index (χ3n) is 2.55. The molecule has 0 N–H and O–H groups in total. The number of benzene rings is 1. The highest BCUT2D eigenvalue weighted by molar-refractivity contribution is 6.29. The summed E-state index contributed by atoms with van der Waals surface area (Å²) in [4.78, 5) is 8.26. The predicted octanol–water partition coefficient (Wildman–Crippen LogP) is 3.63. The number of nitrogens with zero attached hydrogens (tertiary/aromatic N) is 2. The van der Waals surface area contributed by atoms with Crippen LogP contribution in [0.4, 0.5) is 0 Å². The lowest BCUT2D eigenvalue weighted by Crippen LogP contribution is -1.99. The van der Waals surface area contributed by atoms with E-state index in [-0.39, 0.29) is 0 Å². The van der Waals surface area contributed by atoms with Gasteiger partial charge in [-0.25, -0.2) is 4.98 Å². The first-order valence-electron chi connectivity index (χ1n) is 6.00. The van der Waals surface area contributed by atoms with Gasteiger partial charge in [0.05, 0.1) is 0 Å². The summed E-state index contributed by atoms with van der Waals surface area (Å²) in [5.41, 5.74) is 1.26. The maximum absolute atomic E-state index is 5.91. The Labute approximate surface area is 117 Å². The lowest BCUT2D eigenvalue weighted by atomic mass is 10.2. The first-order chi connectivity index (χ1) is 9.21. The van der Waals surface area contributed by atoms with Crippen molar-refractivity contribution in [1.82, 2.24) is 9.97 Å². The summed E-state index contributed by atoms with van der Waals surface area (Å²) in [6.07, 6.45) is 0.998. The zero-order valence-electron chi connectivity index (χ0n) is 10.9. The van der Waals surface area contributed by atoms with E-state index in [0.29, 0.717) is 23.5 Å². The Hall–Kier alpha value is -1.65. The summed E-state index contributed by atoms with van der Waals surface area (Å²) in [5, 5.41) is 0.335. The summed E-state index contributed by atoms with van der Waals surface area (Å²) in [6, 6.07) is 9.44. The quantitative estimate of drug-likeness (QED) is 0.784. The fraction of sp³-hybridized carbons (Fsp3) is 0.286. The SMILES string of the molecule is CCc1ccc(Oc2cc(Cl)nc(COC)n2)cc1. The summed E-state index contributed by atoms with van der Waals surface area (Å²) in [6.45, 7) is 2.41. The zero-order valence-corrected chi connectivity index (χ0v) is 11.6. The van der Waals surface area contributed by atoms with Crippen LogP contribution in [0.1, 0.15) is 18.3 Å². The van der Waals surface area contributed by atoms with Crippen LogP contribution < -0.4 is 4.74 Å². The minimum Gasteiger partial charge on any atom is -0.439 e. The van der Waals surface area contributed by atoms with E-state index < -0.39 is 0 Å². The average molecular weight is 279 g/mol. The van der Waals surface area contributed by atoms with E-state index in [1.165, 1.54) is 5.56 Å². The molecule has 2 rings (SSSR count). The molecule has 0 aliphatic rings. The molecule has 0 fully saturated rings. The van der Waals surface area contributed by atoms with Crippen LogP contribution in [-0.4, -0.2) is 17.1 Å². The van der Waals surface area contributed by atoms with Crippen molar-refractivity contribution in [2.45, 2.75) is 20.0 Å². The number of hydrogen-bond donors (Lipinski definition) is 0. The minimum atomic E-state index is 0.297. The molecule has 4 nitrogen and oxygen atoms in total. The van der Waals surface area contributed by atoms with Gasteiger partial charge in [-0.2, -0.15) is 4.98 Å². The maximum Gasteiger partial charge on any atom is 0.224 e. The lowest BCUT2D eigenvalue weighted by molar-refractivity contribution is 0.177. The van der Waals surface area contributed by atoms with Gasteiger partial charge >= 0.3 is 0 Å². The molecule has 5 heteroatoms. The van der Waals surface area contributed by atoms with Crippen molar-refractivity contribution in [3.8, 4) is 11.6 Å². The van der Waals surface area contributed by atoms with Crippen molar-refractivity contribution < 1.29 is 9.47 Å². The summed E-state index contributed by atoms with van der Waals surface area (Å²) >= 11 is 5.91. The normalized spacial score (nSPS) is 10.5. The van der Waals surface area contributed by atoms with Crippen molar-refractivity contribution in [3.05, 3.63) is 46.9 Å². The maximum atomic E-state index is 5.91. The van der Waals surface area contributed by atoms with Crippen molar-refractivity contribution in [1.29, 1.82) is 0 Å². The number of aryl methyl sites for hydroxylation is 1. The molecule has 1 aromatic carbocycles. The summed E-state index contributed by atoms with van der Waals surface area (Å²) in [5.74, 6) is 1.63. The van der Waals surface area contributed by atoms with E-state index in [0.717, 1.165) is 12.2 Å². The fourth-order valence-corrected chi connectivity index (χ4v) is 1.79. The van der Waals surface area contributed by atoms with Gasteiger partial charge in [0.15, 0.2) is 5.82 Å². The van der Waals surface area contributed by atoms with Crippen molar-refractivity contribution in [2.75, 3.05) is 7.11 Å². The van der Waals surface area contributed by atoms with E-state index in [2.05, 4.69) is 16.9 Å². The molecule has 0 saturated carbocycles. The molecule has 100 valence electrons. The van der Waals surface area contributed by atoms with E-state index in [4.69, 9.17) is 21.1 Å². The molecule has 19 heavy (non-hydrogen) atoms. The highest BCUT2D eigenvalue weighted by atomic mass is 35.5. The van der Waals surface area contributed by atoms with Crippen LogP contribution in [0.2, 0.25) is 5.15 Å². The molecule has 0 spiro atoms. The Balaban J connectivity index is 2.17. The largest absolute Gasteiger partial charge is 0.439 e. The molecule has 0 bridgehead atoms. The van der Waals surface area contributed by atoms with Gasteiger partial charge in [-0.1, -0.05) is 30.7 Å². The molecule has 0 unspecified atom stereocenters. The zero-order chi connectivity index (χ0) is 13.7. The van der Waals surface area contributed by atoms with Gasteiger partial charge in [0.2, 0.25) is 5.88 Å². The Morgan fingerprint density at radius 3 is 2.53 bits per heavy atom. The number of halogens is 1. The molecule has 2 aromatic rings. The van der Waals surface area contributed by atoms with Gasteiger partial charge in [-0.05, 0) is 24.1 Å². The van der Waals surface area contributed by atoms with Crippen LogP contribution in [0.5, 0.6) is 11.6 Å². The first-order valence-corrected chi connectivity index (χ1v) is 6.38. The first kappa shape index (κ1) is 13.8. The van der Waals surface area contributed by atoms with Crippen LogP contribution in [0.25, 0.3) is 0 Å². The highest BCUT2D eigenvalue weighted by Gasteiger charge is 2.05. The Morgan fingerprint density at radius 1 is 1.16 bits per heavy atom. The molecule has 0 aliphatic carbocycles. The third-order valence-corrected chi connectivity index (χ3v) is 2.74. The minimum absolute atomic E-state index is 0.297. The topological polar surface area (TPSA) is 44.2 Å². The highest BCUT2D eigenvalue weighted by Crippen LogP contribution is 2.22. The summed E-state index contributed by atoms with van der Waals surface area (Å²) in [7, 11) is 1.58. The lowest BCUT2D eigenvalue weighted by Gasteiger charge is -2.07. The number of methoxy groups -OCH3 is 1. The van der Waals surface area contributed by atoms with E-state index in [1.54, 1.807) is 13.2 Å². The van der Waals surface area contributed by atoms with Gasteiger partial charge < -0.3 is 9.47 Å². The van der Waals surface area contributed by atoms with Gasteiger partial charge in [0, 0.05) is 13.2 Å². The van der Waals surface area contributed by atoms with E-state index in [1.807, 2.05) is 24.3 Å². The van der Waals surface area contributed by atoms with Gasteiger partial charge in [-0.3, -0.25) is 0 Å². The number of aromatic nitrogens is 2. The van der Waals surface area contributed by atoms with E-state index in [9.17, 15) is 0 Å². The molecule has 0 radical (unpaired) electrons. The van der Waals surface area contributed by atoms with Crippen LogP contribution >= 0.6 is 11.6 Å². The predicted molar refractivity (Wildman–Crippen MR) is 73.6 cm³/mol. The second-order valence-corrected chi connectivity index (χ2v) is 4.36. The molecular weight excluding hydrogens is 264 g/mol. The van der Waals surface area contributed by atoms with Crippen molar-refractivity contribution in [2.24, 2.45) is 0 Å². The molecular formula is C14H15ClN2O2. The fourth-order valence-electron chi connectivity index (χ4n) is 1.60. The Bertz CT molecular complexity index is 544. The van der Waals surface area contributed by atoms with Crippen LogP contribution in [0.15, 0.2) is 30.3 Å². The number of ether oxygens (including phenoxy) is 2. The second-order valence-electron chi connectivity index (χ2n) is 3.98. The molecule has 0 amide bonds. The van der Waals surface area contributed by atoms with Gasteiger partial charge in [0.25, 0.3) is 0 Å². The monoisotopic (exact) mass is 278 g/mol. The van der Waals surface area contributed by atoms with Gasteiger partial charge in [-0.15, -0.1) is 0 Å². The van der Waals surface area contributed by atoms with Crippen molar-refractivity contribution >= 4 is 11.6 Å². The van der Waals surface area contributed by atoms with Crippen LogP contribution in [-0.2, 0) is 17.8 Å². The van der Waals surface area contributed by atoms with Crippen LogP contribution in [0.3, 0.4) is 0 Å². The molecule has 1 aromatic heterocycles. The van der Waals surface area contributed by atoms with Gasteiger partial charge in [0.1, 0.15) is 17.5 Å². The molecule has 1 heterocycles. The van der Waals surface area contributed by atoms with Crippen molar-refractivity contribution in [3.63, 3.8) is 0 Å². The number of rotatable bonds is 5. The number of hydrogen-bond acceptors (Lipinski definition) is 4. The average Bonchev–Trinajstić information content (AvgIpc) is 2.39. The molecule has 0 saturated heterocycles. The smallest absolute Gasteiger partial charge is 0.224 e. The second kappa shape index (κ2) is 6.50. The molecule has 0 atom stereocenters. The van der Waals surface area contributed by atoms with Crippen LogP contribution in [0, 0.1) is 0 Å². The third kappa shape index (κ3) is 3.91. The molecule has 0 aliphatic heterocycles. The Kier molecular flexibility index (Phi) is 4.71. The summed E-state index contributed by atoms with van der Waals surface area (Å²) < 4.78 is 10.6. The Morgan fingerprint density at radius 2 is 1.89 bits per heavy atom. The van der Waals surface area contributed by atoms with E-state index >= 15 is 0 Å².